The van der Waals surface area contributed by atoms with Crippen LogP contribution in [0.2, 0.25) is 0 Å². The highest BCUT2D eigenvalue weighted by Gasteiger charge is 2.21. The van der Waals surface area contributed by atoms with Crippen LogP contribution in [-0.2, 0) is 6.54 Å². The summed E-state index contributed by atoms with van der Waals surface area (Å²) in [5.41, 5.74) is 8.77. The molecule has 7 heteroatoms. The van der Waals surface area contributed by atoms with Crippen LogP contribution in [0.5, 0.6) is 0 Å². The predicted octanol–water partition coefficient (Wildman–Crippen LogP) is 3.72. The molecule has 6 nitrogen and oxygen atoms in total. The van der Waals surface area contributed by atoms with Crippen molar-refractivity contribution in [2.45, 2.75) is 13.5 Å². The monoisotopic (exact) mass is 376 g/mol. The molecule has 4 rings (SSSR count). The molecule has 2 heterocycles. The first kappa shape index (κ1) is 17.9. The van der Waals surface area contributed by atoms with Crippen LogP contribution in [0.25, 0.3) is 22.3 Å². The number of benzene rings is 2. The zero-order valence-electron chi connectivity index (χ0n) is 15.8. The molecule has 2 N–H and O–H groups in total. The summed E-state index contributed by atoms with van der Waals surface area (Å²) in [6, 6.07) is 16.4. The van der Waals surface area contributed by atoms with E-state index in [0.717, 1.165) is 5.56 Å². The second-order valence-electron chi connectivity index (χ2n) is 6.59. The molecule has 0 aliphatic heterocycles. The SMILES string of the molecule is CCN(C)c1nc(-c2ccccc2F)c2c(N)n(Cc3ccccc3)nc2n1. The van der Waals surface area contributed by atoms with Gasteiger partial charge in [-0.2, -0.15) is 4.98 Å². The van der Waals surface area contributed by atoms with E-state index < -0.39 is 0 Å². The second kappa shape index (κ2) is 7.26. The first-order chi connectivity index (χ1) is 13.6. The fourth-order valence-corrected chi connectivity index (χ4v) is 3.08. The average Bonchev–Trinajstić information content (AvgIpc) is 3.03. The Kier molecular flexibility index (Phi) is 4.65. The molecule has 0 amide bonds. The van der Waals surface area contributed by atoms with Gasteiger partial charge in [-0.1, -0.05) is 42.5 Å². The quantitative estimate of drug-likeness (QED) is 0.575. The minimum absolute atomic E-state index is 0.359. The Balaban J connectivity index is 1.94. The van der Waals surface area contributed by atoms with Gasteiger partial charge >= 0.3 is 0 Å². The Morgan fingerprint density at radius 1 is 1.04 bits per heavy atom. The summed E-state index contributed by atoms with van der Waals surface area (Å²) in [4.78, 5) is 11.1. The van der Waals surface area contributed by atoms with E-state index in [1.165, 1.54) is 6.07 Å². The third-order valence-corrected chi connectivity index (χ3v) is 4.75. The Bertz CT molecular complexity index is 1120. The molecular formula is C21H21FN6. The van der Waals surface area contributed by atoms with E-state index in [0.29, 0.717) is 47.1 Å². The van der Waals surface area contributed by atoms with Gasteiger partial charge in [-0.3, -0.25) is 0 Å². The molecule has 0 saturated heterocycles. The molecule has 4 aromatic rings. The third-order valence-electron chi connectivity index (χ3n) is 4.75. The Morgan fingerprint density at radius 3 is 2.46 bits per heavy atom. The molecule has 0 aliphatic carbocycles. The van der Waals surface area contributed by atoms with Crippen LogP contribution in [0.4, 0.5) is 16.2 Å². The van der Waals surface area contributed by atoms with Crippen LogP contribution < -0.4 is 10.6 Å². The average molecular weight is 376 g/mol. The summed E-state index contributed by atoms with van der Waals surface area (Å²) >= 11 is 0. The van der Waals surface area contributed by atoms with Crippen molar-refractivity contribution in [3.8, 4) is 11.3 Å². The first-order valence-electron chi connectivity index (χ1n) is 9.12. The molecular weight excluding hydrogens is 355 g/mol. The second-order valence-corrected chi connectivity index (χ2v) is 6.59. The summed E-state index contributed by atoms with van der Waals surface area (Å²) in [7, 11) is 1.89. The van der Waals surface area contributed by atoms with Crippen LogP contribution in [0.15, 0.2) is 54.6 Å². The zero-order chi connectivity index (χ0) is 19.7. The summed E-state index contributed by atoms with van der Waals surface area (Å²) in [6.07, 6.45) is 0. The Labute approximate surface area is 162 Å². The molecule has 0 atom stereocenters. The Hall–Kier alpha value is -3.48. The number of hydrogen-bond acceptors (Lipinski definition) is 5. The maximum atomic E-state index is 14.6. The molecule has 0 saturated carbocycles. The molecule has 0 radical (unpaired) electrons. The largest absolute Gasteiger partial charge is 0.383 e. The fourth-order valence-electron chi connectivity index (χ4n) is 3.08. The van der Waals surface area contributed by atoms with Gasteiger partial charge in [-0.25, -0.2) is 14.1 Å². The molecule has 2 aromatic heterocycles. The first-order valence-corrected chi connectivity index (χ1v) is 9.12. The topological polar surface area (TPSA) is 72.9 Å². The molecule has 28 heavy (non-hydrogen) atoms. The van der Waals surface area contributed by atoms with Crippen molar-refractivity contribution >= 4 is 22.8 Å². The summed E-state index contributed by atoms with van der Waals surface area (Å²) in [5, 5.41) is 5.16. The molecule has 0 fully saturated rings. The highest BCUT2D eigenvalue weighted by Crippen LogP contribution is 2.33. The highest BCUT2D eigenvalue weighted by atomic mass is 19.1. The molecule has 142 valence electrons. The molecule has 0 aliphatic rings. The van der Waals surface area contributed by atoms with E-state index >= 15 is 0 Å². The van der Waals surface area contributed by atoms with E-state index in [1.807, 2.05) is 49.2 Å². The van der Waals surface area contributed by atoms with Crippen LogP contribution in [0.3, 0.4) is 0 Å². The number of hydrogen-bond donors (Lipinski definition) is 1. The Morgan fingerprint density at radius 2 is 1.75 bits per heavy atom. The van der Waals surface area contributed by atoms with Crippen molar-refractivity contribution in [2.75, 3.05) is 24.2 Å². The van der Waals surface area contributed by atoms with Gasteiger partial charge in [0.2, 0.25) is 5.95 Å². The van der Waals surface area contributed by atoms with Crippen molar-refractivity contribution in [1.82, 2.24) is 19.7 Å². The highest BCUT2D eigenvalue weighted by molar-refractivity contribution is 5.99. The third kappa shape index (κ3) is 3.15. The van der Waals surface area contributed by atoms with Gasteiger partial charge in [0.15, 0.2) is 5.65 Å². The number of nitrogens with two attached hydrogens (primary N) is 1. The lowest BCUT2D eigenvalue weighted by molar-refractivity contribution is 0.631. The lowest BCUT2D eigenvalue weighted by Crippen LogP contribution is -2.19. The summed E-state index contributed by atoms with van der Waals surface area (Å²) in [5.74, 6) is 0.545. The fraction of sp³-hybridized carbons (Fsp3) is 0.190. The van der Waals surface area contributed by atoms with Gasteiger partial charge in [-0.15, -0.1) is 5.10 Å². The van der Waals surface area contributed by atoms with Crippen molar-refractivity contribution in [1.29, 1.82) is 0 Å². The van der Waals surface area contributed by atoms with Gasteiger partial charge in [0, 0.05) is 19.2 Å². The lowest BCUT2D eigenvalue weighted by atomic mass is 10.1. The predicted molar refractivity (Wildman–Crippen MR) is 110 cm³/mol. The standard InChI is InChI=1S/C21H21FN6/c1-3-27(2)21-24-18(15-11-7-8-12-16(15)22)17-19(23)28(26-20(17)25-21)13-14-9-5-4-6-10-14/h4-12H,3,13,23H2,1-2H3. The van der Waals surface area contributed by atoms with Crippen LogP contribution >= 0.6 is 0 Å². The summed E-state index contributed by atoms with van der Waals surface area (Å²) < 4.78 is 16.3. The summed E-state index contributed by atoms with van der Waals surface area (Å²) in [6.45, 7) is 3.21. The number of rotatable bonds is 5. The molecule has 0 unspecified atom stereocenters. The number of aromatic nitrogens is 4. The number of nitrogen functional groups attached to an aromatic ring is 1. The smallest absolute Gasteiger partial charge is 0.227 e. The van der Waals surface area contributed by atoms with Crippen LogP contribution in [0.1, 0.15) is 12.5 Å². The van der Waals surface area contributed by atoms with E-state index in [1.54, 1.807) is 22.9 Å². The van der Waals surface area contributed by atoms with E-state index in [-0.39, 0.29) is 5.82 Å². The molecule has 0 spiro atoms. The maximum absolute atomic E-state index is 14.6. The molecule has 0 bridgehead atoms. The van der Waals surface area contributed by atoms with Crippen LogP contribution in [-0.4, -0.2) is 33.3 Å². The van der Waals surface area contributed by atoms with Crippen molar-refractivity contribution in [3.05, 3.63) is 66.0 Å². The minimum Gasteiger partial charge on any atom is -0.383 e. The van der Waals surface area contributed by atoms with Gasteiger partial charge in [0.25, 0.3) is 0 Å². The lowest BCUT2D eigenvalue weighted by Gasteiger charge is -2.15. The number of anilines is 2. The number of fused-ring (bicyclic) bond motifs is 1. The minimum atomic E-state index is -0.359. The number of halogens is 1. The van der Waals surface area contributed by atoms with E-state index in [4.69, 9.17) is 5.73 Å². The van der Waals surface area contributed by atoms with E-state index in [9.17, 15) is 4.39 Å². The van der Waals surface area contributed by atoms with Gasteiger partial charge in [-0.05, 0) is 24.6 Å². The number of nitrogens with zero attached hydrogens (tertiary/aromatic N) is 5. The van der Waals surface area contributed by atoms with Gasteiger partial charge in [0.1, 0.15) is 11.6 Å². The van der Waals surface area contributed by atoms with Gasteiger partial charge in [0.05, 0.1) is 17.6 Å². The van der Waals surface area contributed by atoms with Crippen molar-refractivity contribution in [3.63, 3.8) is 0 Å². The van der Waals surface area contributed by atoms with E-state index in [2.05, 4.69) is 15.1 Å². The normalized spacial score (nSPS) is 11.1. The zero-order valence-corrected chi connectivity index (χ0v) is 15.8. The van der Waals surface area contributed by atoms with Crippen molar-refractivity contribution in [2.24, 2.45) is 0 Å². The van der Waals surface area contributed by atoms with Crippen LogP contribution in [0, 0.1) is 5.82 Å². The van der Waals surface area contributed by atoms with Gasteiger partial charge < -0.3 is 10.6 Å². The molecule has 2 aromatic carbocycles. The van der Waals surface area contributed by atoms with Crippen molar-refractivity contribution < 1.29 is 4.39 Å². The maximum Gasteiger partial charge on any atom is 0.227 e.